The lowest BCUT2D eigenvalue weighted by atomic mass is 9.88. The molecule has 2 heteroatoms. The molecule has 0 amide bonds. The van der Waals surface area contributed by atoms with Crippen molar-refractivity contribution < 1.29 is 9.47 Å². The van der Waals surface area contributed by atoms with E-state index in [2.05, 4.69) is 13.8 Å². The van der Waals surface area contributed by atoms with Crippen LogP contribution >= 0.6 is 0 Å². The second-order valence-electron chi connectivity index (χ2n) is 4.03. The number of ether oxygens (including phenoxy) is 2. The van der Waals surface area contributed by atoms with Crippen molar-refractivity contribution in [3.05, 3.63) is 0 Å². The largest absolute Gasteiger partial charge is 0.385 e. The Balaban J connectivity index is 0.000000292. The third kappa shape index (κ3) is 6.39. The fourth-order valence-electron chi connectivity index (χ4n) is 1.84. The molecule has 1 fully saturated rings. The molecule has 0 aliphatic heterocycles. The molecule has 0 aromatic heterocycles. The van der Waals surface area contributed by atoms with Crippen LogP contribution in [0.15, 0.2) is 0 Å². The third-order valence-electron chi connectivity index (χ3n) is 2.74. The van der Waals surface area contributed by atoms with Gasteiger partial charge in [-0.25, -0.2) is 0 Å². The summed E-state index contributed by atoms with van der Waals surface area (Å²) in [6, 6.07) is 0. The minimum atomic E-state index is 0.554. The highest BCUT2D eigenvalue weighted by molar-refractivity contribution is 4.71. The highest BCUT2D eigenvalue weighted by Crippen LogP contribution is 2.25. The Bertz CT molecular complexity index is 113. The molecule has 0 heterocycles. The highest BCUT2D eigenvalue weighted by atomic mass is 16.5. The van der Waals surface area contributed by atoms with E-state index in [9.17, 15) is 0 Å². The van der Waals surface area contributed by atoms with E-state index in [4.69, 9.17) is 9.47 Å². The zero-order valence-electron chi connectivity index (χ0n) is 10.2. The molecule has 0 saturated heterocycles. The fraction of sp³-hybridized carbons (Fsp3) is 1.00. The van der Waals surface area contributed by atoms with Gasteiger partial charge in [0.05, 0.1) is 6.10 Å². The van der Waals surface area contributed by atoms with Crippen LogP contribution in [0.25, 0.3) is 0 Å². The zero-order valence-corrected chi connectivity index (χ0v) is 10.2. The van der Waals surface area contributed by atoms with Gasteiger partial charge in [0.25, 0.3) is 0 Å². The van der Waals surface area contributed by atoms with E-state index in [0.717, 1.165) is 18.9 Å². The maximum absolute atomic E-state index is 5.30. The van der Waals surface area contributed by atoms with Crippen molar-refractivity contribution in [2.24, 2.45) is 5.92 Å². The molecule has 0 N–H and O–H groups in total. The van der Waals surface area contributed by atoms with Gasteiger partial charge in [0.2, 0.25) is 0 Å². The molecule has 0 bridgehead atoms. The fourth-order valence-corrected chi connectivity index (χ4v) is 1.84. The van der Waals surface area contributed by atoms with Gasteiger partial charge in [0.15, 0.2) is 0 Å². The molecular weight excluding hydrogens is 176 g/mol. The van der Waals surface area contributed by atoms with Gasteiger partial charge < -0.3 is 9.47 Å². The Kier molecular flexibility index (Phi) is 9.42. The average Bonchev–Trinajstić information content (AvgIpc) is 2.21. The normalized spacial score (nSPS) is 26.6. The molecule has 0 radical (unpaired) electrons. The second-order valence-corrected chi connectivity index (χ2v) is 4.03. The molecule has 0 aromatic carbocycles. The van der Waals surface area contributed by atoms with Crippen molar-refractivity contribution in [2.45, 2.75) is 52.1 Å². The van der Waals surface area contributed by atoms with Crippen LogP contribution in [0.4, 0.5) is 0 Å². The van der Waals surface area contributed by atoms with Gasteiger partial charge in [-0.2, -0.15) is 0 Å². The molecule has 0 spiro atoms. The maximum atomic E-state index is 5.30. The first kappa shape index (κ1) is 13.9. The maximum Gasteiger partial charge on any atom is 0.0596 e. The Morgan fingerprint density at radius 3 is 2.07 bits per heavy atom. The quantitative estimate of drug-likeness (QED) is 0.699. The van der Waals surface area contributed by atoms with Crippen molar-refractivity contribution in [3.63, 3.8) is 0 Å². The monoisotopic (exact) mass is 202 g/mol. The lowest BCUT2D eigenvalue weighted by Crippen LogP contribution is -2.23. The van der Waals surface area contributed by atoms with E-state index in [1.54, 1.807) is 7.11 Å². The van der Waals surface area contributed by atoms with Crippen LogP contribution in [0, 0.1) is 5.92 Å². The third-order valence-corrected chi connectivity index (χ3v) is 2.74. The molecule has 1 saturated carbocycles. The molecule has 2 nitrogen and oxygen atoms in total. The number of methoxy groups -OCH3 is 2. The zero-order chi connectivity index (χ0) is 10.8. The summed E-state index contributed by atoms with van der Waals surface area (Å²) in [7, 11) is 3.54. The molecule has 0 aromatic rings. The van der Waals surface area contributed by atoms with Gasteiger partial charge in [-0.15, -0.1) is 0 Å². The molecule has 1 aliphatic carbocycles. The van der Waals surface area contributed by atoms with E-state index in [-0.39, 0.29) is 0 Å². The van der Waals surface area contributed by atoms with E-state index in [1.165, 1.54) is 25.7 Å². The minimum absolute atomic E-state index is 0.554. The van der Waals surface area contributed by atoms with Crippen molar-refractivity contribution in [2.75, 3.05) is 20.8 Å². The van der Waals surface area contributed by atoms with E-state index < -0.39 is 0 Å². The van der Waals surface area contributed by atoms with Gasteiger partial charge in [-0.1, -0.05) is 26.7 Å². The van der Waals surface area contributed by atoms with Gasteiger partial charge in [-0.3, -0.25) is 0 Å². The molecule has 14 heavy (non-hydrogen) atoms. The SMILES string of the molecule is CCCOC.COC1CCCCC1C. The Morgan fingerprint density at radius 2 is 1.79 bits per heavy atom. The van der Waals surface area contributed by atoms with Crippen LogP contribution in [0.2, 0.25) is 0 Å². The Labute approximate surface area is 89.0 Å². The molecule has 1 aliphatic rings. The van der Waals surface area contributed by atoms with Crippen molar-refractivity contribution >= 4 is 0 Å². The molecule has 2 unspecified atom stereocenters. The lowest BCUT2D eigenvalue weighted by molar-refractivity contribution is 0.0310. The molecule has 2 atom stereocenters. The molecular formula is C12H26O2. The highest BCUT2D eigenvalue weighted by Gasteiger charge is 2.19. The smallest absolute Gasteiger partial charge is 0.0596 e. The van der Waals surface area contributed by atoms with Gasteiger partial charge in [-0.05, 0) is 25.2 Å². The van der Waals surface area contributed by atoms with Crippen molar-refractivity contribution in [3.8, 4) is 0 Å². The average molecular weight is 202 g/mol. The summed E-state index contributed by atoms with van der Waals surface area (Å²) in [6.07, 6.45) is 7.08. The van der Waals surface area contributed by atoms with E-state index >= 15 is 0 Å². The van der Waals surface area contributed by atoms with Crippen LogP contribution in [0.3, 0.4) is 0 Å². The van der Waals surface area contributed by atoms with Crippen molar-refractivity contribution in [1.82, 2.24) is 0 Å². The van der Waals surface area contributed by atoms with E-state index in [1.807, 2.05) is 7.11 Å². The predicted octanol–water partition coefficient (Wildman–Crippen LogP) is 3.25. The number of hydrogen-bond donors (Lipinski definition) is 0. The van der Waals surface area contributed by atoms with Crippen LogP contribution in [0.1, 0.15) is 46.0 Å². The summed E-state index contributed by atoms with van der Waals surface area (Å²) >= 11 is 0. The van der Waals surface area contributed by atoms with E-state index in [0.29, 0.717) is 6.10 Å². The van der Waals surface area contributed by atoms with Crippen LogP contribution in [-0.4, -0.2) is 26.9 Å². The topological polar surface area (TPSA) is 18.5 Å². The van der Waals surface area contributed by atoms with Crippen LogP contribution in [-0.2, 0) is 9.47 Å². The standard InChI is InChI=1S/C8H16O.C4H10O/c1-7-5-3-4-6-8(7)9-2;1-3-4-5-2/h7-8H,3-6H2,1-2H3;3-4H2,1-2H3. The summed E-state index contributed by atoms with van der Waals surface area (Å²) in [5.41, 5.74) is 0. The second kappa shape index (κ2) is 9.47. The van der Waals surface area contributed by atoms with Crippen LogP contribution in [0.5, 0.6) is 0 Å². The number of rotatable bonds is 3. The molecule has 86 valence electrons. The van der Waals surface area contributed by atoms with Gasteiger partial charge in [0.1, 0.15) is 0 Å². The van der Waals surface area contributed by atoms with Crippen LogP contribution < -0.4 is 0 Å². The predicted molar refractivity (Wildman–Crippen MR) is 60.6 cm³/mol. The summed E-state index contributed by atoms with van der Waals surface area (Å²) < 4.78 is 9.99. The summed E-state index contributed by atoms with van der Waals surface area (Å²) in [5.74, 6) is 0.795. The Morgan fingerprint density at radius 1 is 1.14 bits per heavy atom. The number of hydrogen-bond acceptors (Lipinski definition) is 2. The summed E-state index contributed by atoms with van der Waals surface area (Å²) in [5, 5.41) is 0. The first-order chi connectivity index (χ1) is 6.76. The summed E-state index contributed by atoms with van der Waals surface area (Å²) in [4.78, 5) is 0. The minimum Gasteiger partial charge on any atom is -0.385 e. The van der Waals surface area contributed by atoms with Gasteiger partial charge in [0, 0.05) is 20.8 Å². The van der Waals surface area contributed by atoms with Crippen molar-refractivity contribution in [1.29, 1.82) is 0 Å². The van der Waals surface area contributed by atoms with Gasteiger partial charge >= 0.3 is 0 Å². The molecule has 1 rings (SSSR count). The first-order valence-electron chi connectivity index (χ1n) is 5.78. The summed E-state index contributed by atoms with van der Waals surface area (Å²) in [6.45, 7) is 5.26. The first-order valence-corrected chi connectivity index (χ1v) is 5.78. The Hall–Kier alpha value is -0.0800. The lowest BCUT2D eigenvalue weighted by Gasteiger charge is -2.26.